The largest absolute Gasteiger partial charge is 0.476 e. The minimum atomic E-state index is -1.16. The predicted octanol–water partition coefficient (Wildman–Crippen LogP) is -0.00850. The van der Waals surface area contributed by atoms with Gasteiger partial charge in [0.15, 0.2) is 10.9 Å². The van der Waals surface area contributed by atoms with Gasteiger partial charge < -0.3 is 15.8 Å². The van der Waals surface area contributed by atoms with Crippen molar-refractivity contribution >= 4 is 23.5 Å². The molecule has 0 atom stereocenters. The predicted molar refractivity (Wildman–Crippen MR) is 62.4 cm³/mol. The molecule has 0 aliphatic rings. The Hall–Kier alpha value is -2.42. The van der Waals surface area contributed by atoms with Crippen molar-refractivity contribution in [2.45, 2.75) is 10.2 Å². The van der Waals surface area contributed by atoms with Crippen LogP contribution in [0.25, 0.3) is 0 Å². The van der Waals surface area contributed by atoms with E-state index < -0.39 is 5.97 Å². The fourth-order valence-electron chi connectivity index (χ4n) is 1.08. The zero-order chi connectivity index (χ0) is 13.1. The molecule has 2 aromatic heterocycles. The van der Waals surface area contributed by atoms with Crippen LogP contribution in [0.4, 0.5) is 5.82 Å². The second kappa shape index (κ2) is 4.84. The number of carbonyl (C=O) groups is 1. The first kappa shape index (κ1) is 12.0. The monoisotopic (exact) mass is 265 g/mol. The Balaban J connectivity index is 2.23. The summed E-state index contributed by atoms with van der Waals surface area (Å²) in [7, 11) is 0. The number of rotatable bonds is 3. The number of aromatic amines is 1. The molecule has 0 aliphatic carbocycles. The van der Waals surface area contributed by atoms with Crippen molar-refractivity contribution in [2.24, 2.45) is 0 Å². The van der Waals surface area contributed by atoms with Crippen LogP contribution >= 0.6 is 11.8 Å². The molecule has 2 aromatic rings. The Kier molecular flexibility index (Phi) is 3.24. The van der Waals surface area contributed by atoms with Crippen LogP contribution in [0.1, 0.15) is 10.5 Å². The van der Waals surface area contributed by atoms with E-state index in [9.17, 15) is 9.59 Å². The molecular weight excluding hydrogens is 258 g/mol. The van der Waals surface area contributed by atoms with E-state index in [1.165, 1.54) is 6.20 Å². The second-order valence-electron chi connectivity index (χ2n) is 3.12. The van der Waals surface area contributed by atoms with Gasteiger partial charge in [-0.2, -0.15) is 0 Å². The standard InChI is InChI=1S/C9H7N5O3S/c10-5-1-6(15)14-9(13-5)18-7-3-11-4(2-12-7)8(16)17/h1-3H,(H,16,17)(H3,10,13,14,15). The summed E-state index contributed by atoms with van der Waals surface area (Å²) in [6.45, 7) is 0. The zero-order valence-corrected chi connectivity index (χ0v) is 9.64. The van der Waals surface area contributed by atoms with Gasteiger partial charge in [0, 0.05) is 6.07 Å². The van der Waals surface area contributed by atoms with E-state index in [0.717, 1.165) is 24.0 Å². The van der Waals surface area contributed by atoms with Crippen molar-refractivity contribution in [2.75, 3.05) is 5.73 Å². The van der Waals surface area contributed by atoms with E-state index in [1.807, 2.05) is 0 Å². The number of nitrogens with two attached hydrogens (primary N) is 1. The number of nitrogens with zero attached hydrogens (tertiary/aromatic N) is 3. The average Bonchev–Trinajstić information content (AvgIpc) is 2.28. The topological polar surface area (TPSA) is 135 Å². The maximum atomic E-state index is 11.1. The van der Waals surface area contributed by atoms with Crippen LogP contribution in [-0.2, 0) is 0 Å². The number of H-pyrrole nitrogens is 1. The molecule has 0 amide bonds. The van der Waals surface area contributed by atoms with Gasteiger partial charge in [0.2, 0.25) is 0 Å². The van der Waals surface area contributed by atoms with Crippen molar-refractivity contribution in [1.29, 1.82) is 0 Å². The summed E-state index contributed by atoms with van der Waals surface area (Å²) in [5, 5.41) is 9.31. The van der Waals surface area contributed by atoms with Gasteiger partial charge in [-0.1, -0.05) is 0 Å². The van der Waals surface area contributed by atoms with Crippen LogP contribution in [0.5, 0.6) is 0 Å². The van der Waals surface area contributed by atoms with Crippen molar-refractivity contribution in [3.05, 3.63) is 34.5 Å². The highest BCUT2D eigenvalue weighted by Crippen LogP contribution is 2.20. The molecule has 0 unspecified atom stereocenters. The molecule has 0 aliphatic heterocycles. The Morgan fingerprint density at radius 2 is 2.17 bits per heavy atom. The molecule has 0 bridgehead atoms. The Morgan fingerprint density at radius 1 is 1.39 bits per heavy atom. The van der Waals surface area contributed by atoms with E-state index in [1.54, 1.807) is 0 Å². The van der Waals surface area contributed by atoms with Crippen LogP contribution in [0.3, 0.4) is 0 Å². The number of hydrogen-bond acceptors (Lipinski definition) is 7. The van der Waals surface area contributed by atoms with E-state index in [-0.39, 0.29) is 22.2 Å². The molecule has 2 rings (SSSR count). The summed E-state index contributed by atoms with van der Waals surface area (Å²) in [5.74, 6) is -1.06. The van der Waals surface area contributed by atoms with E-state index >= 15 is 0 Å². The van der Waals surface area contributed by atoms with Gasteiger partial charge in [0.1, 0.15) is 10.8 Å². The minimum Gasteiger partial charge on any atom is -0.476 e. The third kappa shape index (κ3) is 2.83. The van der Waals surface area contributed by atoms with Gasteiger partial charge in [-0.05, 0) is 11.8 Å². The van der Waals surface area contributed by atoms with E-state index in [2.05, 4.69) is 19.9 Å². The Bertz CT molecular complexity index is 639. The molecule has 0 spiro atoms. The second-order valence-corrected chi connectivity index (χ2v) is 4.13. The van der Waals surface area contributed by atoms with Gasteiger partial charge in [-0.3, -0.25) is 4.79 Å². The lowest BCUT2D eigenvalue weighted by Gasteiger charge is -2.00. The number of nitrogen functional groups attached to an aromatic ring is 1. The molecule has 0 fully saturated rings. The molecule has 8 nitrogen and oxygen atoms in total. The summed E-state index contributed by atoms with van der Waals surface area (Å²) in [6, 6.07) is 1.16. The lowest BCUT2D eigenvalue weighted by atomic mass is 10.5. The lowest BCUT2D eigenvalue weighted by Crippen LogP contribution is -2.09. The SMILES string of the molecule is Nc1cc(=O)[nH]c(Sc2cnc(C(=O)O)cn2)n1. The third-order valence-electron chi connectivity index (χ3n) is 1.79. The maximum absolute atomic E-state index is 11.1. The molecule has 2 heterocycles. The molecule has 0 saturated carbocycles. The highest BCUT2D eigenvalue weighted by molar-refractivity contribution is 7.99. The number of nitrogens with one attached hydrogen (secondary N) is 1. The van der Waals surface area contributed by atoms with Crippen LogP contribution in [0, 0.1) is 0 Å². The molecule has 0 radical (unpaired) electrons. The average molecular weight is 265 g/mol. The quantitative estimate of drug-likeness (QED) is 0.659. The van der Waals surface area contributed by atoms with Crippen LogP contribution < -0.4 is 11.3 Å². The number of aromatic nitrogens is 4. The smallest absolute Gasteiger partial charge is 0.356 e. The van der Waals surface area contributed by atoms with Crippen molar-refractivity contribution in [3.8, 4) is 0 Å². The van der Waals surface area contributed by atoms with Crippen molar-refractivity contribution in [1.82, 2.24) is 19.9 Å². The first-order valence-electron chi connectivity index (χ1n) is 4.64. The number of carboxylic acid groups (broad SMARTS) is 1. The number of carboxylic acids is 1. The van der Waals surface area contributed by atoms with Gasteiger partial charge in [0.25, 0.3) is 5.56 Å². The number of hydrogen-bond donors (Lipinski definition) is 3. The molecule has 4 N–H and O–H groups in total. The number of anilines is 1. The van der Waals surface area contributed by atoms with Crippen molar-refractivity contribution < 1.29 is 9.90 Å². The summed E-state index contributed by atoms with van der Waals surface area (Å²) in [6.07, 6.45) is 2.40. The highest BCUT2D eigenvalue weighted by Gasteiger charge is 2.07. The third-order valence-corrected chi connectivity index (χ3v) is 2.59. The molecular formula is C9H7N5O3S. The first-order chi connectivity index (χ1) is 8.54. The fraction of sp³-hybridized carbons (Fsp3) is 0. The van der Waals surface area contributed by atoms with Crippen LogP contribution in [0.2, 0.25) is 0 Å². The Labute approximate surface area is 104 Å². The summed E-state index contributed by atoms with van der Waals surface area (Å²) < 4.78 is 0. The van der Waals surface area contributed by atoms with Gasteiger partial charge in [-0.15, -0.1) is 0 Å². The summed E-state index contributed by atoms with van der Waals surface area (Å²) in [4.78, 5) is 35.6. The highest BCUT2D eigenvalue weighted by atomic mass is 32.2. The Morgan fingerprint density at radius 3 is 2.72 bits per heavy atom. The molecule has 0 aromatic carbocycles. The summed E-state index contributed by atoms with van der Waals surface area (Å²) >= 11 is 1.02. The van der Waals surface area contributed by atoms with Gasteiger partial charge >= 0.3 is 5.97 Å². The molecule has 18 heavy (non-hydrogen) atoms. The normalized spacial score (nSPS) is 10.2. The summed E-state index contributed by atoms with van der Waals surface area (Å²) in [5.41, 5.74) is 4.88. The minimum absolute atomic E-state index is 0.0939. The first-order valence-corrected chi connectivity index (χ1v) is 5.46. The van der Waals surface area contributed by atoms with E-state index in [0.29, 0.717) is 5.03 Å². The van der Waals surface area contributed by atoms with Crippen LogP contribution in [-0.4, -0.2) is 31.0 Å². The van der Waals surface area contributed by atoms with Gasteiger partial charge in [-0.25, -0.2) is 19.7 Å². The van der Waals surface area contributed by atoms with Crippen molar-refractivity contribution in [3.63, 3.8) is 0 Å². The molecule has 9 heteroatoms. The maximum Gasteiger partial charge on any atom is 0.356 e. The number of aromatic carboxylic acids is 1. The zero-order valence-electron chi connectivity index (χ0n) is 8.82. The molecule has 0 saturated heterocycles. The fourth-order valence-corrected chi connectivity index (χ4v) is 1.79. The molecule has 92 valence electrons. The van der Waals surface area contributed by atoms with Gasteiger partial charge in [0.05, 0.1) is 12.4 Å². The van der Waals surface area contributed by atoms with E-state index in [4.69, 9.17) is 10.8 Å². The van der Waals surface area contributed by atoms with Crippen LogP contribution in [0.15, 0.2) is 33.4 Å². The lowest BCUT2D eigenvalue weighted by molar-refractivity contribution is 0.0689.